The molecule has 1 heterocycles. The van der Waals surface area contributed by atoms with Gasteiger partial charge in [0.25, 0.3) is 5.91 Å². The molecule has 0 aliphatic carbocycles. The number of nitro benzene ring substituents is 1. The highest BCUT2D eigenvalue weighted by Crippen LogP contribution is 2.27. The number of aromatic nitrogens is 2. The Hall–Kier alpha value is -3.50. The summed E-state index contributed by atoms with van der Waals surface area (Å²) in [5, 5.41) is 28.7. The van der Waals surface area contributed by atoms with Crippen molar-refractivity contribution in [2.45, 2.75) is 20.4 Å². The molecule has 0 unspecified atom stereocenters. The number of aryl methyl sites for hydroxylation is 1. The Morgan fingerprint density at radius 3 is 2.50 bits per heavy atom. The van der Waals surface area contributed by atoms with Crippen LogP contribution in [0.15, 0.2) is 18.2 Å². The molecule has 0 aliphatic heterocycles. The average Bonchev–Trinajstić information content (AvgIpc) is 2.87. The lowest BCUT2D eigenvalue weighted by atomic mass is 10.1. The van der Waals surface area contributed by atoms with Crippen LogP contribution in [0.2, 0.25) is 0 Å². The quantitative estimate of drug-likeness (QED) is 0.583. The van der Waals surface area contributed by atoms with Crippen LogP contribution >= 0.6 is 0 Å². The van der Waals surface area contributed by atoms with E-state index in [-0.39, 0.29) is 35.8 Å². The molecule has 138 valence electrons. The number of benzene rings is 1. The van der Waals surface area contributed by atoms with Gasteiger partial charge in [0.1, 0.15) is 11.4 Å². The summed E-state index contributed by atoms with van der Waals surface area (Å²) in [5.74, 6) is -0.451. The molecule has 0 radical (unpaired) electrons. The van der Waals surface area contributed by atoms with Crippen LogP contribution in [0.1, 0.15) is 21.7 Å². The van der Waals surface area contributed by atoms with E-state index in [0.717, 1.165) is 6.07 Å². The van der Waals surface area contributed by atoms with Gasteiger partial charge in [0.15, 0.2) is 5.75 Å². The summed E-state index contributed by atoms with van der Waals surface area (Å²) in [5.41, 5.74) is 0.430. The first-order valence-corrected chi connectivity index (χ1v) is 7.55. The van der Waals surface area contributed by atoms with E-state index in [0.29, 0.717) is 11.4 Å². The third kappa shape index (κ3) is 3.77. The molecule has 1 N–H and O–H groups in total. The third-order valence-corrected chi connectivity index (χ3v) is 3.77. The van der Waals surface area contributed by atoms with E-state index in [1.807, 2.05) is 0 Å². The van der Waals surface area contributed by atoms with Gasteiger partial charge < -0.3 is 10.1 Å². The highest BCUT2D eigenvalue weighted by molar-refractivity contribution is 5.95. The number of ether oxygens (including phenoxy) is 1. The molecule has 11 nitrogen and oxygen atoms in total. The standard InChI is InChI=1S/C15H17N5O6/c1-9-14(20(24)25)10(2)18(17-9)7-6-16-15(21)11-4-5-13(26-3)12(8-11)19(22)23/h4-5,8H,6-7H2,1-3H3,(H,16,21). The van der Waals surface area contributed by atoms with Crippen LogP contribution in [-0.2, 0) is 6.54 Å². The predicted molar refractivity (Wildman–Crippen MR) is 90.3 cm³/mol. The van der Waals surface area contributed by atoms with Crippen molar-refractivity contribution < 1.29 is 19.4 Å². The Morgan fingerprint density at radius 2 is 1.96 bits per heavy atom. The number of hydrogen-bond acceptors (Lipinski definition) is 7. The fourth-order valence-electron chi connectivity index (χ4n) is 2.52. The molecule has 0 bridgehead atoms. The fraction of sp³-hybridized carbons (Fsp3) is 0.333. The second kappa shape index (κ2) is 7.59. The third-order valence-electron chi connectivity index (χ3n) is 3.77. The number of nitrogens with zero attached hydrogens (tertiary/aromatic N) is 4. The van der Waals surface area contributed by atoms with Crippen molar-refractivity contribution in [2.75, 3.05) is 13.7 Å². The molecule has 11 heteroatoms. The molecule has 1 amide bonds. The average molecular weight is 363 g/mol. The number of hydrogen-bond donors (Lipinski definition) is 1. The monoisotopic (exact) mass is 363 g/mol. The number of nitrogens with one attached hydrogen (secondary N) is 1. The van der Waals surface area contributed by atoms with Crippen molar-refractivity contribution in [3.8, 4) is 5.75 Å². The molecule has 0 spiro atoms. The van der Waals surface area contributed by atoms with Gasteiger partial charge in [-0.05, 0) is 26.0 Å². The lowest BCUT2D eigenvalue weighted by molar-refractivity contribution is -0.386. The maximum absolute atomic E-state index is 12.2. The Kier molecular flexibility index (Phi) is 5.50. The van der Waals surface area contributed by atoms with E-state index in [2.05, 4.69) is 10.4 Å². The molecule has 26 heavy (non-hydrogen) atoms. The predicted octanol–water partition coefficient (Wildman–Crippen LogP) is 1.75. The van der Waals surface area contributed by atoms with E-state index < -0.39 is 15.8 Å². The van der Waals surface area contributed by atoms with Gasteiger partial charge in [0.2, 0.25) is 0 Å². The van der Waals surface area contributed by atoms with Gasteiger partial charge in [-0.1, -0.05) is 0 Å². The number of methoxy groups -OCH3 is 1. The first-order valence-electron chi connectivity index (χ1n) is 7.55. The van der Waals surface area contributed by atoms with Gasteiger partial charge in [-0.2, -0.15) is 5.10 Å². The van der Waals surface area contributed by atoms with Gasteiger partial charge in [0, 0.05) is 18.2 Å². The number of nitro groups is 2. The zero-order valence-corrected chi connectivity index (χ0v) is 14.4. The molecule has 1 aromatic heterocycles. The summed E-state index contributed by atoms with van der Waals surface area (Å²) >= 11 is 0. The summed E-state index contributed by atoms with van der Waals surface area (Å²) in [4.78, 5) is 33.0. The molecular formula is C15H17N5O6. The van der Waals surface area contributed by atoms with Gasteiger partial charge >= 0.3 is 11.4 Å². The lowest BCUT2D eigenvalue weighted by Gasteiger charge is -2.08. The fourth-order valence-corrected chi connectivity index (χ4v) is 2.52. The molecule has 0 atom stereocenters. The smallest absolute Gasteiger partial charge is 0.312 e. The van der Waals surface area contributed by atoms with Crippen LogP contribution in [0, 0.1) is 34.1 Å². The maximum atomic E-state index is 12.2. The zero-order chi connectivity index (χ0) is 19.4. The summed E-state index contributed by atoms with van der Waals surface area (Å²) in [6.07, 6.45) is 0. The zero-order valence-electron chi connectivity index (χ0n) is 14.4. The lowest BCUT2D eigenvalue weighted by Crippen LogP contribution is -2.27. The second-order valence-corrected chi connectivity index (χ2v) is 5.40. The van der Waals surface area contributed by atoms with Crippen molar-refractivity contribution >= 4 is 17.3 Å². The van der Waals surface area contributed by atoms with Crippen LogP contribution in [0.25, 0.3) is 0 Å². The normalized spacial score (nSPS) is 10.4. The minimum atomic E-state index is -0.634. The van der Waals surface area contributed by atoms with Crippen LogP contribution in [0.5, 0.6) is 5.75 Å². The maximum Gasteiger partial charge on any atom is 0.312 e. The van der Waals surface area contributed by atoms with Crippen LogP contribution in [0.3, 0.4) is 0 Å². The molecule has 2 rings (SSSR count). The van der Waals surface area contributed by atoms with Crippen LogP contribution < -0.4 is 10.1 Å². The molecule has 0 saturated carbocycles. The van der Waals surface area contributed by atoms with E-state index in [1.54, 1.807) is 6.92 Å². The largest absolute Gasteiger partial charge is 0.490 e. The van der Waals surface area contributed by atoms with Gasteiger partial charge in [-0.3, -0.25) is 29.7 Å². The minimum absolute atomic E-state index is 0.0536. The highest BCUT2D eigenvalue weighted by Gasteiger charge is 2.22. The second-order valence-electron chi connectivity index (χ2n) is 5.40. The molecule has 2 aromatic rings. The van der Waals surface area contributed by atoms with E-state index in [4.69, 9.17) is 4.74 Å². The van der Waals surface area contributed by atoms with Crippen molar-refractivity contribution in [3.63, 3.8) is 0 Å². The first-order chi connectivity index (χ1) is 12.3. The number of rotatable bonds is 7. The Morgan fingerprint density at radius 1 is 1.27 bits per heavy atom. The molecule has 0 fully saturated rings. The van der Waals surface area contributed by atoms with E-state index in [9.17, 15) is 25.0 Å². The highest BCUT2D eigenvalue weighted by atomic mass is 16.6. The van der Waals surface area contributed by atoms with Crippen LogP contribution in [-0.4, -0.2) is 39.2 Å². The van der Waals surface area contributed by atoms with Crippen molar-refractivity contribution in [3.05, 3.63) is 55.4 Å². The Bertz CT molecular complexity index is 876. The molecule has 1 aromatic carbocycles. The molecular weight excluding hydrogens is 346 g/mol. The Labute approximate surface area is 147 Å². The van der Waals surface area contributed by atoms with Gasteiger partial charge in [-0.15, -0.1) is 0 Å². The van der Waals surface area contributed by atoms with Crippen molar-refractivity contribution in [2.24, 2.45) is 0 Å². The molecule has 0 saturated heterocycles. The van der Waals surface area contributed by atoms with Crippen molar-refractivity contribution in [1.29, 1.82) is 0 Å². The first kappa shape index (κ1) is 18.8. The van der Waals surface area contributed by atoms with E-state index in [1.165, 1.54) is 30.8 Å². The number of carbonyl (C=O) groups excluding carboxylic acids is 1. The SMILES string of the molecule is COc1ccc(C(=O)NCCn2nc(C)c([N+](=O)[O-])c2C)cc1[N+](=O)[O-]. The van der Waals surface area contributed by atoms with Gasteiger partial charge in [-0.25, -0.2) is 0 Å². The number of amides is 1. The summed E-state index contributed by atoms with van der Waals surface area (Å²) < 4.78 is 6.32. The summed E-state index contributed by atoms with van der Waals surface area (Å²) in [7, 11) is 1.30. The topological polar surface area (TPSA) is 142 Å². The minimum Gasteiger partial charge on any atom is -0.490 e. The summed E-state index contributed by atoms with van der Waals surface area (Å²) in [6.45, 7) is 3.49. The van der Waals surface area contributed by atoms with E-state index >= 15 is 0 Å². The molecule has 0 aliphatic rings. The van der Waals surface area contributed by atoms with Crippen molar-refractivity contribution in [1.82, 2.24) is 15.1 Å². The summed E-state index contributed by atoms with van der Waals surface area (Å²) in [6, 6.07) is 3.88. The Balaban J connectivity index is 2.06. The van der Waals surface area contributed by atoms with Crippen LogP contribution in [0.4, 0.5) is 11.4 Å². The number of carbonyl (C=O) groups is 1. The van der Waals surface area contributed by atoms with Gasteiger partial charge in [0.05, 0.1) is 23.5 Å².